The van der Waals surface area contributed by atoms with E-state index in [9.17, 15) is 18.0 Å². The molecule has 0 spiro atoms. The van der Waals surface area contributed by atoms with Crippen molar-refractivity contribution in [2.75, 3.05) is 19.5 Å². The van der Waals surface area contributed by atoms with Crippen LogP contribution in [-0.2, 0) is 24.4 Å². The molecule has 2 aromatic carbocycles. The van der Waals surface area contributed by atoms with Gasteiger partial charge in [-0.05, 0) is 56.2 Å². The first kappa shape index (κ1) is 22.5. The zero-order valence-corrected chi connectivity index (χ0v) is 17.7. The number of sulfonamides is 1. The summed E-state index contributed by atoms with van der Waals surface area (Å²) in [7, 11) is -1.33. The normalized spacial score (nSPS) is 12.5. The van der Waals surface area contributed by atoms with Gasteiger partial charge in [0, 0.05) is 12.7 Å². The summed E-state index contributed by atoms with van der Waals surface area (Å²) in [4.78, 5) is 29.4. The largest absolute Gasteiger partial charge is 0.449 e. The van der Waals surface area contributed by atoms with Gasteiger partial charge in [-0.15, -0.1) is 0 Å². The number of amides is 1. The Labute approximate surface area is 170 Å². The van der Waals surface area contributed by atoms with Crippen LogP contribution in [0.15, 0.2) is 47.4 Å². The van der Waals surface area contributed by atoms with Crippen LogP contribution in [0.25, 0.3) is 0 Å². The van der Waals surface area contributed by atoms with Gasteiger partial charge in [-0.2, -0.15) is 0 Å². The van der Waals surface area contributed by atoms with Crippen LogP contribution in [-0.4, -0.2) is 45.0 Å². The van der Waals surface area contributed by atoms with E-state index in [1.165, 1.54) is 45.3 Å². The predicted octanol–water partition coefficient (Wildman–Crippen LogP) is 2.67. The molecule has 0 aliphatic heterocycles. The maximum atomic E-state index is 12.4. The molecule has 9 heteroatoms. The molecule has 0 bridgehead atoms. The highest BCUT2D eigenvalue weighted by molar-refractivity contribution is 7.89. The van der Waals surface area contributed by atoms with Crippen LogP contribution in [0, 0.1) is 13.8 Å². The molecular weight excluding hydrogens is 396 g/mol. The summed E-state index contributed by atoms with van der Waals surface area (Å²) in [5.41, 5.74) is 2.59. The first-order chi connectivity index (χ1) is 13.6. The Morgan fingerprint density at radius 2 is 1.59 bits per heavy atom. The predicted molar refractivity (Wildman–Crippen MR) is 108 cm³/mol. The topological polar surface area (TPSA) is 102 Å². The quantitative estimate of drug-likeness (QED) is 0.546. The monoisotopic (exact) mass is 420 g/mol. The summed E-state index contributed by atoms with van der Waals surface area (Å²) >= 11 is 0. The van der Waals surface area contributed by atoms with E-state index in [-0.39, 0.29) is 10.5 Å². The third-order valence-corrected chi connectivity index (χ3v) is 6.06. The van der Waals surface area contributed by atoms with Crippen molar-refractivity contribution in [1.82, 2.24) is 4.47 Å². The molecule has 29 heavy (non-hydrogen) atoms. The van der Waals surface area contributed by atoms with Gasteiger partial charge >= 0.3 is 5.97 Å². The second-order valence-corrected chi connectivity index (χ2v) is 8.36. The summed E-state index contributed by atoms with van der Waals surface area (Å²) < 4.78 is 30.3. The van der Waals surface area contributed by atoms with E-state index in [0.29, 0.717) is 10.2 Å². The Hall–Kier alpha value is -2.75. The molecule has 8 nitrogen and oxygen atoms in total. The van der Waals surface area contributed by atoms with Crippen molar-refractivity contribution in [3.8, 4) is 0 Å². The van der Waals surface area contributed by atoms with Crippen LogP contribution in [0.4, 0.5) is 5.69 Å². The van der Waals surface area contributed by atoms with E-state index in [2.05, 4.69) is 5.32 Å². The number of aryl methyl sites for hydroxylation is 2. The number of nitrogens with zero attached hydrogens (tertiary/aromatic N) is 1. The minimum absolute atomic E-state index is 0.0424. The highest BCUT2D eigenvalue weighted by Gasteiger charge is 2.23. The van der Waals surface area contributed by atoms with Crippen molar-refractivity contribution in [1.29, 1.82) is 0 Å². The molecule has 156 valence electrons. The average Bonchev–Trinajstić information content (AvgIpc) is 2.69. The SMILES string of the molecule is CON(C)S(=O)(=O)c1ccc(C(=O)O[C@H](C)C(=O)Nc2c(C)cccc2C)cc1. The summed E-state index contributed by atoms with van der Waals surface area (Å²) in [6.45, 7) is 5.21. The van der Waals surface area contributed by atoms with Crippen LogP contribution in [0.2, 0.25) is 0 Å². The van der Waals surface area contributed by atoms with E-state index in [1.807, 2.05) is 32.0 Å². The van der Waals surface area contributed by atoms with Gasteiger partial charge in [-0.1, -0.05) is 22.7 Å². The number of benzene rings is 2. The highest BCUT2D eigenvalue weighted by atomic mass is 32.2. The second kappa shape index (κ2) is 9.17. The van der Waals surface area contributed by atoms with Gasteiger partial charge in [0.2, 0.25) is 0 Å². The fraction of sp³-hybridized carbons (Fsp3) is 0.300. The van der Waals surface area contributed by atoms with Crippen molar-refractivity contribution < 1.29 is 27.6 Å². The lowest BCUT2D eigenvalue weighted by molar-refractivity contribution is -0.123. The van der Waals surface area contributed by atoms with Crippen LogP contribution >= 0.6 is 0 Å². The molecule has 2 rings (SSSR count). The molecule has 0 aromatic heterocycles. The third kappa shape index (κ3) is 5.20. The Morgan fingerprint density at radius 1 is 1.03 bits per heavy atom. The summed E-state index contributed by atoms with van der Waals surface area (Å²) in [5, 5.41) is 2.77. The Morgan fingerprint density at radius 3 is 2.10 bits per heavy atom. The average molecular weight is 420 g/mol. The molecule has 0 fully saturated rings. The lowest BCUT2D eigenvalue weighted by Crippen LogP contribution is -2.30. The third-order valence-electron chi connectivity index (χ3n) is 4.37. The van der Waals surface area contributed by atoms with Crippen LogP contribution in [0.5, 0.6) is 0 Å². The van der Waals surface area contributed by atoms with Crippen LogP contribution in [0.3, 0.4) is 0 Å². The van der Waals surface area contributed by atoms with Crippen LogP contribution < -0.4 is 5.32 Å². The molecule has 1 amide bonds. The molecular formula is C20H24N2O6S. The number of carbonyl (C=O) groups excluding carboxylic acids is 2. The Bertz CT molecular complexity index is 982. The van der Waals surface area contributed by atoms with Gasteiger partial charge in [0.1, 0.15) is 0 Å². The van der Waals surface area contributed by atoms with Gasteiger partial charge in [-0.3, -0.25) is 9.63 Å². The van der Waals surface area contributed by atoms with E-state index in [4.69, 9.17) is 9.57 Å². The first-order valence-electron chi connectivity index (χ1n) is 8.79. The van der Waals surface area contributed by atoms with Gasteiger partial charge < -0.3 is 10.1 Å². The molecule has 0 aliphatic rings. The van der Waals surface area contributed by atoms with Crippen molar-refractivity contribution >= 4 is 27.6 Å². The molecule has 1 N–H and O–H groups in total. The minimum Gasteiger partial charge on any atom is -0.449 e. The lowest BCUT2D eigenvalue weighted by atomic mass is 10.1. The highest BCUT2D eigenvalue weighted by Crippen LogP contribution is 2.20. The number of esters is 1. The van der Waals surface area contributed by atoms with E-state index in [0.717, 1.165) is 11.1 Å². The Balaban J connectivity index is 2.07. The van der Waals surface area contributed by atoms with Gasteiger partial charge in [0.25, 0.3) is 15.9 Å². The number of carbonyl (C=O) groups is 2. The number of hydrogen-bond acceptors (Lipinski definition) is 6. The number of hydrogen-bond donors (Lipinski definition) is 1. The molecule has 0 radical (unpaired) electrons. The Kier molecular flexibility index (Phi) is 7.12. The van der Waals surface area contributed by atoms with Crippen LogP contribution in [0.1, 0.15) is 28.4 Å². The number of rotatable bonds is 7. The lowest BCUT2D eigenvalue weighted by Gasteiger charge is -2.16. The van der Waals surface area contributed by atoms with E-state index >= 15 is 0 Å². The van der Waals surface area contributed by atoms with Crippen molar-refractivity contribution in [2.24, 2.45) is 0 Å². The van der Waals surface area contributed by atoms with Gasteiger partial charge in [0.15, 0.2) is 6.10 Å². The number of ether oxygens (including phenoxy) is 1. The number of nitrogens with one attached hydrogen (secondary N) is 1. The number of hydroxylamine groups is 1. The zero-order valence-electron chi connectivity index (χ0n) is 16.9. The summed E-state index contributed by atoms with van der Waals surface area (Å²) in [6.07, 6.45) is -1.04. The van der Waals surface area contributed by atoms with Crippen molar-refractivity contribution in [3.05, 3.63) is 59.2 Å². The zero-order chi connectivity index (χ0) is 21.8. The van der Waals surface area contributed by atoms with E-state index < -0.39 is 28.0 Å². The molecule has 2 aromatic rings. The first-order valence-corrected chi connectivity index (χ1v) is 10.2. The smallest absolute Gasteiger partial charge is 0.338 e. The molecule has 0 saturated heterocycles. The number of para-hydroxylation sites is 1. The van der Waals surface area contributed by atoms with Crippen molar-refractivity contribution in [2.45, 2.75) is 31.8 Å². The summed E-state index contributed by atoms with van der Waals surface area (Å²) in [6, 6.07) is 10.8. The van der Waals surface area contributed by atoms with Gasteiger partial charge in [-0.25, -0.2) is 13.2 Å². The molecule has 0 aliphatic carbocycles. The van der Waals surface area contributed by atoms with Gasteiger partial charge in [0.05, 0.1) is 17.6 Å². The maximum Gasteiger partial charge on any atom is 0.338 e. The van der Waals surface area contributed by atoms with Crippen molar-refractivity contribution in [3.63, 3.8) is 0 Å². The minimum atomic E-state index is -3.82. The molecule has 0 saturated carbocycles. The fourth-order valence-corrected chi connectivity index (χ4v) is 3.50. The van der Waals surface area contributed by atoms with E-state index in [1.54, 1.807) is 0 Å². The number of anilines is 1. The standard InChI is InChI=1S/C20H24N2O6S/c1-13-7-6-8-14(2)18(13)21-19(23)15(3)28-20(24)16-9-11-17(12-10-16)29(25,26)22(4)27-5/h6-12,15H,1-5H3,(H,21,23)/t15-/m1/s1. The maximum absolute atomic E-state index is 12.4. The second-order valence-electron chi connectivity index (χ2n) is 6.43. The molecule has 1 atom stereocenters. The molecule has 0 unspecified atom stereocenters. The molecule has 0 heterocycles. The summed E-state index contributed by atoms with van der Waals surface area (Å²) in [5.74, 6) is -1.20. The fourth-order valence-electron chi connectivity index (χ4n) is 2.53.